The summed E-state index contributed by atoms with van der Waals surface area (Å²) in [4.78, 5) is 20.5. The molecule has 0 saturated heterocycles. The zero-order chi connectivity index (χ0) is 15.2. The number of nitro groups is 2. The van der Waals surface area contributed by atoms with Crippen LogP contribution in [-0.2, 0) is 11.5 Å². The summed E-state index contributed by atoms with van der Waals surface area (Å²) in [5, 5.41) is 21.4. The van der Waals surface area contributed by atoms with Gasteiger partial charge in [0.2, 0.25) is 0 Å². The van der Waals surface area contributed by atoms with Gasteiger partial charge in [0.15, 0.2) is 0 Å². The van der Waals surface area contributed by atoms with Crippen LogP contribution in [0, 0.1) is 20.2 Å². The summed E-state index contributed by atoms with van der Waals surface area (Å²) in [7, 11) is 0. The van der Waals surface area contributed by atoms with Crippen molar-refractivity contribution in [3.63, 3.8) is 0 Å². The van der Waals surface area contributed by atoms with E-state index in [1.807, 2.05) is 12.1 Å². The number of hydrogen-bond donors (Lipinski definition) is 0. The molecule has 0 spiro atoms. The van der Waals surface area contributed by atoms with Crippen LogP contribution in [0.4, 0.5) is 11.4 Å². The summed E-state index contributed by atoms with van der Waals surface area (Å²) in [5.41, 5.74) is 1.87. The fourth-order valence-corrected chi connectivity index (χ4v) is 2.74. The molecule has 0 aliphatic carbocycles. The Hall–Kier alpha value is -2.41. The SMILES string of the molecule is O=[N+]([O-])c1cccc(CSCc2cccc([N+](=O)[O-])c2)c1. The molecular formula is C14H12N2O4S. The van der Waals surface area contributed by atoms with Crippen molar-refractivity contribution in [3.05, 3.63) is 79.9 Å². The third kappa shape index (κ3) is 4.28. The number of hydrogen-bond acceptors (Lipinski definition) is 5. The number of thioether (sulfide) groups is 1. The van der Waals surface area contributed by atoms with Crippen molar-refractivity contribution in [1.82, 2.24) is 0 Å². The van der Waals surface area contributed by atoms with Crippen molar-refractivity contribution in [2.75, 3.05) is 0 Å². The maximum Gasteiger partial charge on any atom is 0.269 e. The summed E-state index contributed by atoms with van der Waals surface area (Å²) >= 11 is 1.56. The minimum Gasteiger partial charge on any atom is -0.258 e. The van der Waals surface area contributed by atoms with Crippen LogP contribution in [0.15, 0.2) is 48.5 Å². The topological polar surface area (TPSA) is 86.3 Å². The van der Waals surface area contributed by atoms with Crippen LogP contribution in [0.3, 0.4) is 0 Å². The predicted octanol–water partition coefficient (Wildman–Crippen LogP) is 3.94. The van der Waals surface area contributed by atoms with E-state index < -0.39 is 9.85 Å². The second-order valence-corrected chi connectivity index (χ2v) is 5.33. The van der Waals surface area contributed by atoms with E-state index in [9.17, 15) is 20.2 Å². The lowest BCUT2D eigenvalue weighted by Gasteiger charge is -2.03. The highest BCUT2D eigenvalue weighted by atomic mass is 32.2. The van der Waals surface area contributed by atoms with Gasteiger partial charge in [-0.25, -0.2) is 0 Å². The van der Waals surface area contributed by atoms with E-state index in [0.717, 1.165) is 11.1 Å². The second-order valence-electron chi connectivity index (χ2n) is 4.35. The molecule has 0 atom stereocenters. The Balaban J connectivity index is 1.95. The first-order valence-electron chi connectivity index (χ1n) is 6.10. The first-order chi connectivity index (χ1) is 10.1. The van der Waals surface area contributed by atoms with Gasteiger partial charge in [-0.1, -0.05) is 24.3 Å². The molecule has 2 aromatic rings. The third-order valence-corrected chi connectivity index (χ3v) is 3.86. The average Bonchev–Trinajstić information content (AvgIpc) is 2.48. The van der Waals surface area contributed by atoms with E-state index >= 15 is 0 Å². The zero-order valence-corrected chi connectivity index (χ0v) is 11.8. The Morgan fingerprint density at radius 2 is 1.24 bits per heavy atom. The van der Waals surface area contributed by atoms with Crippen LogP contribution in [0.5, 0.6) is 0 Å². The van der Waals surface area contributed by atoms with Crippen LogP contribution in [0.25, 0.3) is 0 Å². The fraction of sp³-hybridized carbons (Fsp3) is 0.143. The van der Waals surface area contributed by atoms with Crippen LogP contribution < -0.4 is 0 Å². The molecule has 2 rings (SSSR count). The highest BCUT2D eigenvalue weighted by Gasteiger charge is 2.07. The standard InChI is InChI=1S/C14H12N2O4S/c17-15(18)13-5-1-3-11(7-13)9-21-10-12-4-2-6-14(8-12)16(19)20/h1-8H,9-10H2. The molecule has 21 heavy (non-hydrogen) atoms. The molecule has 7 heteroatoms. The Morgan fingerprint density at radius 1 is 0.810 bits per heavy atom. The maximum atomic E-state index is 10.7. The van der Waals surface area contributed by atoms with Crippen molar-refractivity contribution in [3.8, 4) is 0 Å². The maximum absolute atomic E-state index is 10.7. The normalized spacial score (nSPS) is 10.3. The van der Waals surface area contributed by atoms with Crippen LogP contribution in [-0.4, -0.2) is 9.85 Å². The quantitative estimate of drug-likeness (QED) is 0.596. The number of non-ortho nitro benzene ring substituents is 2. The average molecular weight is 304 g/mol. The molecule has 0 aromatic heterocycles. The Morgan fingerprint density at radius 3 is 1.62 bits per heavy atom. The molecule has 0 fully saturated rings. The highest BCUT2D eigenvalue weighted by molar-refractivity contribution is 7.97. The monoisotopic (exact) mass is 304 g/mol. The van der Waals surface area contributed by atoms with E-state index in [-0.39, 0.29) is 11.4 Å². The van der Waals surface area contributed by atoms with Crippen molar-refractivity contribution in [1.29, 1.82) is 0 Å². The molecule has 2 aromatic carbocycles. The van der Waals surface area contributed by atoms with E-state index in [0.29, 0.717) is 11.5 Å². The minimum absolute atomic E-state index is 0.0726. The molecule has 0 bridgehead atoms. The third-order valence-electron chi connectivity index (χ3n) is 2.78. The van der Waals surface area contributed by atoms with Gasteiger partial charge >= 0.3 is 0 Å². The number of benzene rings is 2. The van der Waals surface area contributed by atoms with E-state index in [2.05, 4.69) is 0 Å². The largest absolute Gasteiger partial charge is 0.269 e. The van der Waals surface area contributed by atoms with Gasteiger partial charge in [-0.05, 0) is 11.1 Å². The summed E-state index contributed by atoms with van der Waals surface area (Å²) in [5.74, 6) is 1.23. The van der Waals surface area contributed by atoms with Gasteiger partial charge in [-0.15, -0.1) is 0 Å². The Kier molecular flexibility index (Phi) is 4.89. The summed E-state index contributed by atoms with van der Waals surface area (Å²) in [6, 6.07) is 13.0. The van der Waals surface area contributed by atoms with E-state index in [1.165, 1.54) is 12.1 Å². The first-order valence-corrected chi connectivity index (χ1v) is 7.26. The number of rotatable bonds is 6. The van der Waals surface area contributed by atoms with Gasteiger partial charge in [-0.2, -0.15) is 11.8 Å². The summed E-state index contributed by atoms with van der Waals surface area (Å²) < 4.78 is 0. The van der Waals surface area contributed by atoms with Gasteiger partial charge in [0, 0.05) is 35.8 Å². The molecule has 0 heterocycles. The lowest BCUT2D eigenvalue weighted by atomic mass is 10.2. The lowest BCUT2D eigenvalue weighted by molar-refractivity contribution is -0.385. The zero-order valence-electron chi connectivity index (χ0n) is 11.0. The summed E-state index contributed by atoms with van der Waals surface area (Å²) in [6.07, 6.45) is 0. The van der Waals surface area contributed by atoms with Gasteiger partial charge < -0.3 is 0 Å². The molecule has 0 unspecified atom stereocenters. The Bertz CT molecular complexity index is 618. The van der Waals surface area contributed by atoms with Crippen molar-refractivity contribution in [2.45, 2.75) is 11.5 Å². The van der Waals surface area contributed by atoms with E-state index in [1.54, 1.807) is 36.0 Å². The molecule has 0 aliphatic heterocycles. The number of nitrogens with zero attached hydrogens (tertiary/aromatic N) is 2. The predicted molar refractivity (Wildman–Crippen MR) is 81.2 cm³/mol. The Labute approximate surface area is 125 Å². The number of nitro benzene ring substituents is 2. The van der Waals surface area contributed by atoms with Crippen LogP contribution in [0.1, 0.15) is 11.1 Å². The van der Waals surface area contributed by atoms with Crippen LogP contribution in [0.2, 0.25) is 0 Å². The van der Waals surface area contributed by atoms with Gasteiger partial charge in [0.25, 0.3) is 11.4 Å². The molecule has 0 radical (unpaired) electrons. The van der Waals surface area contributed by atoms with Crippen molar-refractivity contribution >= 4 is 23.1 Å². The molecular weight excluding hydrogens is 292 g/mol. The molecule has 108 valence electrons. The van der Waals surface area contributed by atoms with Gasteiger partial charge in [0.05, 0.1) is 9.85 Å². The molecule has 6 nitrogen and oxygen atoms in total. The second kappa shape index (κ2) is 6.85. The molecule has 0 aliphatic rings. The van der Waals surface area contributed by atoms with E-state index in [4.69, 9.17) is 0 Å². The molecule has 0 N–H and O–H groups in total. The first kappa shape index (κ1) is 15.0. The van der Waals surface area contributed by atoms with Gasteiger partial charge in [0.1, 0.15) is 0 Å². The van der Waals surface area contributed by atoms with Gasteiger partial charge in [-0.3, -0.25) is 20.2 Å². The van der Waals surface area contributed by atoms with Crippen LogP contribution >= 0.6 is 11.8 Å². The highest BCUT2D eigenvalue weighted by Crippen LogP contribution is 2.22. The molecule has 0 amide bonds. The molecule has 0 saturated carbocycles. The minimum atomic E-state index is -0.422. The van der Waals surface area contributed by atoms with Crippen molar-refractivity contribution < 1.29 is 9.85 Å². The summed E-state index contributed by atoms with van der Waals surface area (Å²) in [6.45, 7) is 0. The lowest BCUT2D eigenvalue weighted by Crippen LogP contribution is -1.91. The smallest absolute Gasteiger partial charge is 0.258 e. The fourth-order valence-electron chi connectivity index (χ4n) is 1.81. The van der Waals surface area contributed by atoms with Crippen molar-refractivity contribution in [2.24, 2.45) is 0 Å².